The smallest absolute Gasteiger partial charge is 0.246 e. The van der Waals surface area contributed by atoms with Crippen molar-refractivity contribution in [2.24, 2.45) is 10.8 Å². The van der Waals surface area contributed by atoms with E-state index in [-0.39, 0.29) is 35.7 Å². The first-order valence-corrected chi connectivity index (χ1v) is 11.9. The van der Waals surface area contributed by atoms with E-state index in [1.807, 2.05) is 71.9 Å². The maximum Gasteiger partial charge on any atom is 0.246 e. The molecule has 1 aromatic heterocycles. The second-order valence-electron chi connectivity index (χ2n) is 11.5. The van der Waals surface area contributed by atoms with Crippen molar-refractivity contribution in [3.8, 4) is 5.88 Å². The van der Waals surface area contributed by atoms with Crippen LogP contribution < -0.4 is 10.1 Å². The summed E-state index contributed by atoms with van der Waals surface area (Å²) >= 11 is 0. The number of fused-ring (bicyclic) bond motifs is 1. The molecule has 0 saturated carbocycles. The molecule has 3 atom stereocenters. The Morgan fingerprint density at radius 1 is 1.12 bits per heavy atom. The van der Waals surface area contributed by atoms with Crippen molar-refractivity contribution in [2.45, 2.75) is 79.5 Å². The molecule has 1 N–H and O–H groups in total. The molecule has 1 aliphatic rings. The Kier molecular flexibility index (Phi) is 7.34. The summed E-state index contributed by atoms with van der Waals surface area (Å²) in [4.78, 5) is 44.9. The minimum atomic E-state index is -0.751. The normalized spacial score (nSPS) is 19.7. The zero-order valence-corrected chi connectivity index (χ0v) is 21.3. The number of nitrogens with one attached hydrogen (secondary N) is 1. The van der Waals surface area contributed by atoms with Gasteiger partial charge in [-0.1, -0.05) is 59.7 Å². The lowest BCUT2D eigenvalue weighted by Gasteiger charge is -2.35. The molecule has 184 valence electrons. The van der Waals surface area contributed by atoms with E-state index in [0.717, 1.165) is 10.8 Å². The second-order valence-corrected chi connectivity index (χ2v) is 11.5. The number of aromatic nitrogens is 1. The fourth-order valence-corrected chi connectivity index (χ4v) is 4.36. The van der Waals surface area contributed by atoms with Gasteiger partial charge in [-0.15, -0.1) is 0 Å². The van der Waals surface area contributed by atoms with Gasteiger partial charge in [0.05, 0.1) is 12.6 Å². The molecule has 2 amide bonds. The molecule has 2 aromatic rings. The first kappa shape index (κ1) is 25.7. The summed E-state index contributed by atoms with van der Waals surface area (Å²) in [6.07, 6.45) is 2.01. The molecular formula is C27H37N3O4. The van der Waals surface area contributed by atoms with Crippen molar-refractivity contribution in [1.29, 1.82) is 0 Å². The average Bonchev–Trinajstić information content (AvgIpc) is 3.14. The van der Waals surface area contributed by atoms with Crippen LogP contribution in [0.5, 0.6) is 5.88 Å². The number of amides is 2. The van der Waals surface area contributed by atoms with Crippen LogP contribution in [0.4, 0.5) is 0 Å². The third kappa shape index (κ3) is 6.13. The Bertz CT molecular complexity index is 1060. The lowest BCUT2D eigenvalue weighted by atomic mass is 9.84. The molecule has 2 heterocycles. The maximum atomic E-state index is 13.7. The predicted molar refractivity (Wildman–Crippen MR) is 132 cm³/mol. The van der Waals surface area contributed by atoms with E-state index >= 15 is 0 Å². The van der Waals surface area contributed by atoms with Gasteiger partial charge in [-0.3, -0.25) is 14.4 Å². The molecule has 7 nitrogen and oxygen atoms in total. The van der Waals surface area contributed by atoms with Gasteiger partial charge in [0, 0.05) is 24.4 Å². The lowest BCUT2D eigenvalue weighted by molar-refractivity contribution is -0.143. The zero-order chi connectivity index (χ0) is 25.3. The molecule has 0 aliphatic carbocycles. The number of ether oxygens (including phenoxy) is 1. The van der Waals surface area contributed by atoms with Crippen LogP contribution in [0.2, 0.25) is 0 Å². The second kappa shape index (κ2) is 9.72. The van der Waals surface area contributed by atoms with Crippen LogP contribution in [-0.2, 0) is 14.4 Å². The van der Waals surface area contributed by atoms with Crippen LogP contribution in [-0.4, -0.2) is 52.2 Å². The van der Waals surface area contributed by atoms with Crippen molar-refractivity contribution >= 4 is 28.4 Å². The molecule has 1 fully saturated rings. The van der Waals surface area contributed by atoms with Crippen molar-refractivity contribution < 1.29 is 19.1 Å². The topological polar surface area (TPSA) is 88.6 Å². The maximum absolute atomic E-state index is 13.7. The average molecular weight is 468 g/mol. The quantitative estimate of drug-likeness (QED) is 0.690. The Hall–Kier alpha value is -2.96. The fraction of sp³-hybridized carbons (Fsp3) is 0.556. The molecule has 3 rings (SSSR count). The highest BCUT2D eigenvalue weighted by atomic mass is 16.5. The van der Waals surface area contributed by atoms with E-state index in [9.17, 15) is 14.4 Å². The third-order valence-electron chi connectivity index (χ3n) is 6.04. The monoisotopic (exact) mass is 467 g/mol. The zero-order valence-electron chi connectivity index (χ0n) is 21.3. The summed E-state index contributed by atoms with van der Waals surface area (Å²) in [5.74, 6) is -0.0383. The molecule has 1 aromatic carbocycles. The lowest BCUT2D eigenvalue weighted by Crippen LogP contribution is -2.57. The Labute approximate surface area is 202 Å². The van der Waals surface area contributed by atoms with Crippen molar-refractivity contribution in [1.82, 2.24) is 15.2 Å². The summed E-state index contributed by atoms with van der Waals surface area (Å²) in [6, 6.07) is 8.37. The number of likely N-dealkylation sites (tertiary alicyclic amines) is 1. The highest BCUT2D eigenvalue weighted by Gasteiger charge is 2.44. The Balaban J connectivity index is 1.82. The van der Waals surface area contributed by atoms with Gasteiger partial charge in [-0.05, 0) is 35.3 Å². The van der Waals surface area contributed by atoms with Gasteiger partial charge in [-0.25, -0.2) is 4.98 Å². The summed E-state index contributed by atoms with van der Waals surface area (Å²) in [5, 5.41) is 4.84. The Morgan fingerprint density at radius 2 is 1.79 bits per heavy atom. The number of ketones is 1. The van der Waals surface area contributed by atoms with E-state index in [1.54, 1.807) is 11.1 Å². The summed E-state index contributed by atoms with van der Waals surface area (Å²) in [7, 11) is 0. The van der Waals surface area contributed by atoms with Crippen LogP contribution in [0.1, 0.15) is 61.3 Å². The van der Waals surface area contributed by atoms with Crippen molar-refractivity contribution in [3.63, 3.8) is 0 Å². The van der Waals surface area contributed by atoms with Gasteiger partial charge >= 0.3 is 0 Å². The molecule has 1 saturated heterocycles. The largest absolute Gasteiger partial charge is 0.472 e. The first-order valence-electron chi connectivity index (χ1n) is 11.9. The number of benzene rings is 1. The minimum Gasteiger partial charge on any atom is -0.472 e. The Morgan fingerprint density at radius 3 is 2.41 bits per heavy atom. The number of hydrogen-bond acceptors (Lipinski definition) is 5. The summed E-state index contributed by atoms with van der Waals surface area (Å²) in [5.41, 5.74) is -0.725. The van der Waals surface area contributed by atoms with Gasteiger partial charge < -0.3 is 15.0 Å². The number of Topliss-reactive ketones (excluding diaryl/α,β-unsaturated/α-hetero) is 1. The molecule has 1 aliphatic heterocycles. The first-order chi connectivity index (χ1) is 15.8. The fourth-order valence-electron chi connectivity index (χ4n) is 4.36. The third-order valence-corrected chi connectivity index (χ3v) is 6.04. The number of carbonyl (C=O) groups is 3. The minimum absolute atomic E-state index is 0.0981. The summed E-state index contributed by atoms with van der Waals surface area (Å²) < 4.78 is 6.22. The van der Waals surface area contributed by atoms with Crippen LogP contribution in [0.3, 0.4) is 0 Å². The SMILES string of the molecule is CC(=O)[C@@H]1CC(Oc2nccc3ccccc23)CN1C(=O)[C@@H](NC(=O)CC(C)(C)C)C(C)(C)C. The molecule has 1 unspecified atom stereocenters. The molecule has 0 bridgehead atoms. The molecule has 0 radical (unpaired) electrons. The number of pyridine rings is 1. The van der Waals surface area contributed by atoms with Gasteiger partial charge in [0.2, 0.25) is 17.7 Å². The van der Waals surface area contributed by atoms with Gasteiger partial charge in [0.25, 0.3) is 0 Å². The highest BCUT2D eigenvalue weighted by molar-refractivity contribution is 5.93. The van der Waals surface area contributed by atoms with Gasteiger partial charge in [0.1, 0.15) is 12.1 Å². The van der Waals surface area contributed by atoms with Gasteiger partial charge in [-0.2, -0.15) is 0 Å². The van der Waals surface area contributed by atoms with Crippen LogP contribution in [0, 0.1) is 10.8 Å². The van der Waals surface area contributed by atoms with Crippen LogP contribution in [0.25, 0.3) is 10.8 Å². The summed E-state index contributed by atoms with van der Waals surface area (Å²) in [6.45, 7) is 13.4. The van der Waals surface area contributed by atoms with E-state index < -0.39 is 17.5 Å². The van der Waals surface area contributed by atoms with E-state index in [4.69, 9.17) is 4.74 Å². The molecular weight excluding hydrogens is 430 g/mol. The van der Waals surface area contributed by atoms with Crippen molar-refractivity contribution in [2.75, 3.05) is 6.54 Å². The van der Waals surface area contributed by atoms with Gasteiger partial charge in [0.15, 0.2) is 5.78 Å². The van der Waals surface area contributed by atoms with E-state index in [0.29, 0.717) is 18.7 Å². The van der Waals surface area contributed by atoms with Crippen LogP contribution in [0.15, 0.2) is 36.5 Å². The molecule has 7 heteroatoms. The molecule has 34 heavy (non-hydrogen) atoms. The van der Waals surface area contributed by atoms with E-state index in [1.165, 1.54) is 6.92 Å². The number of rotatable bonds is 6. The standard InChI is InChI=1S/C27H37N3O4/c1-17(31)21-14-19(34-24-20-11-9-8-10-18(20)12-13-28-24)16-30(21)25(33)23(27(5,6)7)29-22(32)15-26(2,3)4/h8-13,19,21,23H,14-16H2,1-7H3,(H,29,32)/t19?,21-,23+/m0/s1. The number of hydrogen-bond donors (Lipinski definition) is 1. The molecule has 0 spiro atoms. The highest BCUT2D eigenvalue weighted by Crippen LogP contribution is 2.30. The van der Waals surface area contributed by atoms with Crippen molar-refractivity contribution in [3.05, 3.63) is 36.5 Å². The number of nitrogens with zero attached hydrogens (tertiary/aromatic N) is 2. The number of carbonyl (C=O) groups excluding carboxylic acids is 3. The predicted octanol–water partition coefficient (Wildman–Crippen LogP) is 4.14. The van der Waals surface area contributed by atoms with Crippen LogP contribution >= 0.6 is 0 Å². The van der Waals surface area contributed by atoms with E-state index in [2.05, 4.69) is 10.3 Å².